The molecule has 1 amide bonds. The second kappa shape index (κ2) is 9.06. The average Bonchev–Trinajstić information content (AvgIpc) is 3.39. The number of amides is 1. The number of carbonyl (C=O) groups excluding carboxylic acids is 2. The first kappa shape index (κ1) is 23.7. The lowest BCUT2D eigenvalue weighted by molar-refractivity contribution is -0.152. The molecular weight excluding hydrogens is 430 g/mol. The molecule has 7 nitrogen and oxygen atoms in total. The molecule has 0 saturated carbocycles. The number of hydrogen-bond donors (Lipinski definition) is 1. The Balaban J connectivity index is 1.62. The number of rotatable bonds is 5. The number of benzene rings is 2. The van der Waals surface area contributed by atoms with Crippen LogP contribution < -0.4 is 5.73 Å². The molecule has 1 aliphatic carbocycles. The molecule has 0 radical (unpaired) electrons. The maximum atomic E-state index is 13.1. The van der Waals surface area contributed by atoms with Gasteiger partial charge in [0.15, 0.2) is 0 Å². The summed E-state index contributed by atoms with van der Waals surface area (Å²) in [6, 6.07) is 12.6. The molecule has 1 aliphatic heterocycles. The third kappa shape index (κ3) is 4.23. The number of nitrogens with two attached hydrogens (primary N) is 1. The van der Waals surface area contributed by atoms with E-state index < -0.39 is 29.6 Å². The van der Waals surface area contributed by atoms with Crippen LogP contribution in [-0.2, 0) is 19.2 Å². The maximum Gasteiger partial charge on any atom is 0.328 e. The summed E-state index contributed by atoms with van der Waals surface area (Å²) in [6.07, 6.45) is 1.61. The maximum absolute atomic E-state index is 13.1. The van der Waals surface area contributed by atoms with Crippen LogP contribution in [0.4, 0.5) is 0 Å². The van der Waals surface area contributed by atoms with Crippen molar-refractivity contribution >= 4 is 23.7 Å². The number of methoxy groups -OCH3 is 1. The van der Waals surface area contributed by atoms with Crippen molar-refractivity contribution in [2.45, 2.75) is 45.4 Å². The molecule has 2 aromatic rings. The first-order valence-corrected chi connectivity index (χ1v) is 11.4. The van der Waals surface area contributed by atoms with E-state index in [-0.39, 0.29) is 18.9 Å². The number of carbonyl (C=O) groups is 2. The van der Waals surface area contributed by atoms with Gasteiger partial charge in [-0.1, -0.05) is 75.0 Å². The van der Waals surface area contributed by atoms with Crippen LogP contribution >= 0.6 is 0 Å². The van der Waals surface area contributed by atoms with Crippen molar-refractivity contribution in [2.24, 2.45) is 16.3 Å². The first-order chi connectivity index (χ1) is 16.2. The summed E-state index contributed by atoms with van der Waals surface area (Å²) in [5, 5.41) is 4.53. The highest BCUT2D eigenvalue weighted by molar-refractivity contribution is 6.24. The van der Waals surface area contributed by atoms with Crippen LogP contribution in [0, 0.1) is 5.41 Å². The quantitative estimate of drug-likeness (QED) is 0.463. The molecule has 2 aliphatic rings. The van der Waals surface area contributed by atoms with Gasteiger partial charge in [0, 0.05) is 17.5 Å². The van der Waals surface area contributed by atoms with Crippen LogP contribution in [0.5, 0.6) is 0 Å². The molecule has 0 bridgehead atoms. The molecule has 1 fully saturated rings. The van der Waals surface area contributed by atoms with Crippen molar-refractivity contribution in [3.05, 3.63) is 65.7 Å². The number of hydrogen-bond acceptors (Lipinski definition) is 6. The third-order valence-corrected chi connectivity index (χ3v) is 6.52. The molecule has 1 saturated heterocycles. The number of oxime groups is 1. The van der Waals surface area contributed by atoms with E-state index in [9.17, 15) is 9.59 Å². The second-order valence-corrected chi connectivity index (χ2v) is 9.83. The summed E-state index contributed by atoms with van der Waals surface area (Å²) < 4.78 is 4.95. The van der Waals surface area contributed by atoms with Gasteiger partial charge in [-0.05, 0) is 28.2 Å². The van der Waals surface area contributed by atoms with E-state index in [2.05, 4.69) is 23.9 Å². The Kier molecular flexibility index (Phi) is 6.32. The van der Waals surface area contributed by atoms with Crippen LogP contribution in [0.3, 0.4) is 0 Å². The second-order valence-electron chi connectivity index (χ2n) is 9.83. The number of nitrogens with zero attached hydrogens (tertiary/aromatic N) is 2. The minimum atomic E-state index is -0.758. The molecule has 4 rings (SSSR count). The van der Waals surface area contributed by atoms with E-state index in [0.717, 1.165) is 33.5 Å². The van der Waals surface area contributed by atoms with Crippen molar-refractivity contribution in [2.75, 3.05) is 13.7 Å². The number of ether oxygens (including phenoxy) is 1. The lowest BCUT2D eigenvalue weighted by atomic mass is 9.86. The van der Waals surface area contributed by atoms with Gasteiger partial charge < -0.3 is 20.2 Å². The highest BCUT2D eigenvalue weighted by Crippen LogP contribution is 2.38. The monoisotopic (exact) mass is 461 g/mol. The summed E-state index contributed by atoms with van der Waals surface area (Å²) in [6.45, 7) is 9.76. The van der Waals surface area contributed by atoms with Gasteiger partial charge in [-0.3, -0.25) is 4.79 Å². The molecule has 34 heavy (non-hydrogen) atoms. The Morgan fingerprint density at radius 3 is 2.47 bits per heavy atom. The van der Waals surface area contributed by atoms with E-state index in [1.807, 2.05) is 51.1 Å². The van der Waals surface area contributed by atoms with Crippen molar-refractivity contribution in [1.29, 1.82) is 0 Å². The molecule has 1 heterocycles. The summed E-state index contributed by atoms with van der Waals surface area (Å²) in [7, 11) is 1.31. The van der Waals surface area contributed by atoms with Gasteiger partial charge in [-0.2, -0.15) is 0 Å². The lowest BCUT2D eigenvalue weighted by Gasteiger charge is -2.31. The third-order valence-electron chi connectivity index (χ3n) is 6.52. The molecule has 2 aromatic carbocycles. The largest absolute Gasteiger partial charge is 0.467 e. The van der Waals surface area contributed by atoms with Gasteiger partial charge in [-0.25, -0.2) is 4.79 Å². The number of fused-ring (bicyclic) bond motifs is 3. The van der Waals surface area contributed by atoms with E-state index in [4.69, 9.17) is 15.3 Å². The average molecular weight is 462 g/mol. The molecule has 0 spiro atoms. The highest BCUT2D eigenvalue weighted by atomic mass is 16.6. The van der Waals surface area contributed by atoms with E-state index in [0.29, 0.717) is 0 Å². The Bertz CT molecular complexity index is 1160. The summed E-state index contributed by atoms with van der Waals surface area (Å²) in [5.41, 5.74) is 11.6. The fraction of sp³-hybridized carbons (Fsp3) is 0.370. The van der Waals surface area contributed by atoms with Crippen LogP contribution in [-0.4, -0.2) is 54.3 Å². The Hall–Kier alpha value is -3.45. The SMILES string of the molecule is C=Cc1ccc2c(c1)C(=NO[C@@H]1C[C@@H](C(=O)OC)N(C(=O)[C@@H](N)C(C)(C)C)C1)c1ccccc1-2. The Labute approximate surface area is 200 Å². The van der Waals surface area contributed by atoms with Gasteiger partial charge in [0.1, 0.15) is 17.9 Å². The zero-order chi connectivity index (χ0) is 24.6. The summed E-state index contributed by atoms with van der Waals surface area (Å²) in [4.78, 5) is 33.0. The minimum Gasteiger partial charge on any atom is -0.467 e. The molecular formula is C27H31N3O4. The van der Waals surface area contributed by atoms with Gasteiger partial charge in [-0.15, -0.1) is 0 Å². The smallest absolute Gasteiger partial charge is 0.328 e. The zero-order valence-electron chi connectivity index (χ0n) is 20.1. The van der Waals surface area contributed by atoms with Crippen molar-refractivity contribution in [3.8, 4) is 11.1 Å². The predicted molar refractivity (Wildman–Crippen MR) is 132 cm³/mol. The molecule has 0 unspecified atom stereocenters. The minimum absolute atomic E-state index is 0.209. The normalized spacial score (nSPS) is 21.1. The predicted octanol–water partition coefficient (Wildman–Crippen LogP) is 3.59. The molecule has 0 aromatic heterocycles. The number of esters is 1. The highest BCUT2D eigenvalue weighted by Gasteiger charge is 2.45. The topological polar surface area (TPSA) is 94.2 Å². The van der Waals surface area contributed by atoms with Crippen LogP contribution in [0.2, 0.25) is 0 Å². The molecule has 178 valence electrons. The number of likely N-dealkylation sites (tertiary alicyclic amines) is 1. The molecule has 2 N–H and O–H groups in total. The van der Waals surface area contributed by atoms with Gasteiger partial charge in [0.2, 0.25) is 5.91 Å². The molecule has 3 atom stereocenters. The van der Waals surface area contributed by atoms with Crippen LogP contribution in [0.1, 0.15) is 43.9 Å². The zero-order valence-corrected chi connectivity index (χ0v) is 20.1. The fourth-order valence-corrected chi connectivity index (χ4v) is 4.44. The lowest BCUT2D eigenvalue weighted by Crippen LogP contribution is -2.53. The first-order valence-electron chi connectivity index (χ1n) is 11.4. The van der Waals surface area contributed by atoms with Crippen LogP contribution in [0.15, 0.2) is 54.2 Å². The van der Waals surface area contributed by atoms with Crippen molar-refractivity contribution in [3.63, 3.8) is 0 Å². The fourth-order valence-electron chi connectivity index (χ4n) is 4.44. The summed E-state index contributed by atoms with van der Waals surface area (Å²) in [5.74, 6) is -0.783. The molecule has 7 heteroatoms. The van der Waals surface area contributed by atoms with Gasteiger partial charge in [0.05, 0.1) is 19.7 Å². The van der Waals surface area contributed by atoms with Gasteiger partial charge in [0.25, 0.3) is 0 Å². The Morgan fingerprint density at radius 2 is 1.82 bits per heavy atom. The summed E-state index contributed by atoms with van der Waals surface area (Å²) >= 11 is 0. The van der Waals surface area contributed by atoms with Crippen LogP contribution in [0.25, 0.3) is 17.2 Å². The van der Waals surface area contributed by atoms with Crippen molar-refractivity contribution < 1.29 is 19.2 Å². The van der Waals surface area contributed by atoms with E-state index in [1.165, 1.54) is 12.0 Å². The Morgan fingerprint density at radius 1 is 1.15 bits per heavy atom. The van der Waals surface area contributed by atoms with Crippen molar-refractivity contribution in [1.82, 2.24) is 4.90 Å². The van der Waals surface area contributed by atoms with E-state index in [1.54, 1.807) is 6.08 Å². The standard InChI is InChI=1S/C27H31N3O4/c1-6-16-11-12-19-18-9-7-8-10-20(18)23(21(19)13-16)29-34-17-14-22(26(32)33-5)30(15-17)25(31)24(28)27(2,3)4/h6-13,17,22,24H,1,14-15,28H2,2-5H3/t17-,22+,24-/m1/s1. The van der Waals surface area contributed by atoms with E-state index >= 15 is 0 Å². The van der Waals surface area contributed by atoms with Gasteiger partial charge >= 0.3 is 5.97 Å².